The van der Waals surface area contributed by atoms with Crippen molar-refractivity contribution < 1.29 is 4.79 Å². The second-order valence-electron chi connectivity index (χ2n) is 5.07. The van der Waals surface area contributed by atoms with Gasteiger partial charge in [0.2, 0.25) is 5.91 Å². The second kappa shape index (κ2) is 9.16. The van der Waals surface area contributed by atoms with E-state index in [4.69, 9.17) is 5.73 Å². The van der Waals surface area contributed by atoms with Crippen molar-refractivity contribution >= 4 is 30.7 Å². The molecule has 114 valence electrons. The van der Waals surface area contributed by atoms with E-state index in [1.54, 1.807) is 12.4 Å². The lowest BCUT2D eigenvalue weighted by molar-refractivity contribution is -0.134. The summed E-state index contributed by atoms with van der Waals surface area (Å²) < 4.78 is 0. The smallest absolute Gasteiger partial charge is 0.226 e. The standard InChI is InChI=1S/C14H21N3O.2ClH/c1-17(10-7-11-5-8-16-9-6-11)14(18)12-3-2-4-13(12)15;;/h5-6,8-9,12-13H,2-4,7,10,15H2,1H3;2*1H. The molecular formula is C14H23Cl2N3O. The first-order valence-corrected chi connectivity index (χ1v) is 6.58. The summed E-state index contributed by atoms with van der Waals surface area (Å²) in [4.78, 5) is 18.0. The van der Waals surface area contributed by atoms with Gasteiger partial charge in [-0.1, -0.05) is 6.42 Å². The van der Waals surface area contributed by atoms with Crippen LogP contribution in [0.5, 0.6) is 0 Å². The predicted molar refractivity (Wildman–Crippen MR) is 85.4 cm³/mol. The van der Waals surface area contributed by atoms with Crippen molar-refractivity contribution in [1.82, 2.24) is 9.88 Å². The van der Waals surface area contributed by atoms with Crippen LogP contribution in [-0.4, -0.2) is 35.4 Å². The SMILES string of the molecule is CN(CCc1ccncc1)C(=O)C1CCCC1N.Cl.Cl. The van der Waals surface area contributed by atoms with Crippen LogP contribution in [0.2, 0.25) is 0 Å². The Hall–Kier alpha value is -0.840. The minimum atomic E-state index is 0. The number of hydrogen-bond donors (Lipinski definition) is 1. The molecule has 0 radical (unpaired) electrons. The topological polar surface area (TPSA) is 59.2 Å². The highest BCUT2D eigenvalue weighted by Gasteiger charge is 2.31. The van der Waals surface area contributed by atoms with Gasteiger partial charge >= 0.3 is 0 Å². The number of rotatable bonds is 4. The van der Waals surface area contributed by atoms with Crippen LogP contribution in [0, 0.1) is 5.92 Å². The zero-order chi connectivity index (χ0) is 13.0. The molecule has 0 aliphatic heterocycles. The number of carbonyl (C=O) groups excluding carboxylic acids is 1. The minimum Gasteiger partial charge on any atom is -0.345 e. The van der Waals surface area contributed by atoms with Gasteiger partial charge in [-0.05, 0) is 37.0 Å². The number of aromatic nitrogens is 1. The van der Waals surface area contributed by atoms with E-state index in [9.17, 15) is 4.79 Å². The minimum absolute atomic E-state index is 0. The van der Waals surface area contributed by atoms with Gasteiger partial charge in [-0.2, -0.15) is 0 Å². The van der Waals surface area contributed by atoms with Gasteiger partial charge in [-0.15, -0.1) is 24.8 Å². The van der Waals surface area contributed by atoms with E-state index < -0.39 is 0 Å². The van der Waals surface area contributed by atoms with E-state index in [1.807, 2.05) is 24.1 Å². The number of pyridine rings is 1. The van der Waals surface area contributed by atoms with Crippen molar-refractivity contribution in [3.8, 4) is 0 Å². The highest BCUT2D eigenvalue weighted by atomic mass is 35.5. The monoisotopic (exact) mass is 319 g/mol. The van der Waals surface area contributed by atoms with Crippen LogP contribution in [0.15, 0.2) is 24.5 Å². The molecule has 0 saturated heterocycles. The second-order valence-corrected chi connectivity index (χ2v) is 5.07. The van der Waals surface area contributed by atoms with Gasteiger partial charge in [0.05, 0.1) is 5.92 Å². The van der Waals surface area contributed by atoms with Crippen LogP contribution in [-0.2, 0) is 11.2 Å². The van der Waals surface area contributed by atoms with Crippen molar-refractivity contribution in [2.75, 3.05) is 13.6 Å². The first-order chi connectivity index (χ1) is 8.68. The van der Waals surface area contributed by atoms with Crippen LogP contribution >= 0.6 is 24.8 Å². The maximum absolute atomic E-state index is 12.2. The summed E-state index contributed by atoms with van der Waals surface area (Å²) in [6.45, 7) is 0.742. The molecule has 1 aliphatic rings. The molecule has 2 rings (SSSR count). The van der Waals surface area contributed by atoms with Crippen molar-refractivity contribution in [2.24, 2.45) is 11.7 Å². The van der Waals surface area contributed by atoms with E-state index in [0.29, 0.717) is 0 Å². The van der Waals surface area contributed by atoms with Crippen LogP contribution in [0.1, 0.15) is 24.8 Å². The maximum Gasteiger partial charge on any atom is 0.226 e. The average Bonchev–Trinajstić information content (AvgIpc) is 2.82. The quantitative estimate of drug-likeness (QED) is 0.924. The third kappa shape index (κ3) is 4.93. The summed E-state index contributed by atoms with van der Waals surface area (Å²) in [7, 11) is 1.87. The van der Waals surface area contributed by atoms with Crippen molar-refractivity contribution in [1.29, 1.82) is 0 Å². The molecule has 0 spiro atoms. The molecule has 1 aromatic heterocycles. The molecule has 2 unspecified atom stereocenters. The fourth-order valence-electron chi connectivity index (χ4n) is 2.53. The predicted octanol–water partition coefficient (Wildman–Crippen LogP) is 2.05. The molecule has 2 N–H and O–H groups in total. The van der Waals surface area contributed by atoms with Crippen molar-refractivity contribution in [3.63, 3.8) is 0 Å². The summed E-state index contributed by atoms with van der Waals surface area (Å²) in [5.41, 5.74) is 7.18. The van der Waals surface area contributed by atoms with Gasteiger partial charge in [0, 0.05) is 32.0 Å². The number of amides is 1. The first-order valence-electron chi connectivity index (χ1n) is 6.58. The molecule has 4 nitrogen and oxygen atoms in total. The molecule has 1 amide bonds. The van der Waals surface area contributed by atoms with Gasteiger partial charge in [0.15, 0.2) is 0 Å². The molecule has 1 saturated carbocycles. The molecule has 1 aliphatic carbocycles. The zero-order valence-electron chi connectivity index (χ0n) is 11.7. The highest BCUT2D eigenvalue weighted by Crippen LogP contribution is 2.25. The van der Waals surface area contributed by atoms with Crippen LogP contribution in [0.3, 0.4) is 0 Å². The fraction of sp³-hybridized carbons (Fsp3) is 0.571. The third-order valence-corrected chi connectivity index (χ3v) is 3.75. The summed E-state index contributed by atoms with van der Waals surface area (Å²) in [6, 6.07) is 4.03. The Balaban J connectivity index is 0.00000180. The average molecular weight is 320 g/mol. The van der Waals surface area contributed by atoms with Gasteiger partial charge in [0.25, 0.3) is 0 Å². The molecule has 20 heavy (non-hydrogen) atoms. The molecule has 6 heteroatoms. The van der Waals surface area contributed by atoms with Gasteiger partial charge in [-0.25, -0.2) is 0 Å². The lowest BCUT2D eigenvalue weighted by Crippen LogP contribution is -2.40. The van der Waals surface area contributed by atoms with E-state index in [1.165, 1.54) is 5.56 Å². The normalized spacial score (nSPS) is 20.7. The van der Waals surface area contributed by atoms with E-state index in [-0.39, 0.29) is 42.7 Å². The Labute approximate surface area is 132 Å². The summed E-state index contributed by atoms with van der Waals surface area (Å²) in [5, 5.41) is 0. The molecule has 1 aromatic rings. The lowest BCUT2D eigenvalue weighted by Gasteiger charge is -2.23. The van der Waals surface area contributed by atoms with Crippen LogP contribution in [0.25, 0.3) is 0 Å². The van der Waals surface area contributed by atoms with Crippen molar-refractivity contribution in [2.45, 2.75) is 31.7 Å². The Bertz CT molecular complexity index is 403. The number of halogens is 2. The summed E-state index contributed by atoms with van der Waals surface area (Å²) in [5.74, 6) is 0.237. The van der Waals surface area contributed by atoms with Crippen LogP contribution in [0.4, 0.5) is 0 Å². The number of carbonyl (C=O) groups is 1. The third-order valence-electron chi connectivity index (χ3n) is 3.75. The van der Waals surface area contributed by atoms with Gasteiger partial charge in [-0.3, -0.25) is 9.78 Å². The number of likely N-dealkylation sites (N-methyl/N-ethyl adjacent to an activating group) is 1. The first kappa shape index (κ1) is 19.2. The summed E-state index contributed by atoms with van der Waals surface area (Å²) in [6.07, 6.45) is 7.44. The fourth-order valence-corrected chi connectivity index (χ4v) is 2.53. The van der Waals surface area contributed by atoms with E-state index >= 15 is 0 Å². The molecule has 1 heterocycles. The molecule has 0 aromatic carbocycles. The zero-order valence-corrected chi connectivity index (χ0v) is 13.3. The largest absolute Gasteiger partial charge is 0.345 e. The Morgan fingerprint density at radius 2 is 2.00 bits per heavy atom. The molecule has 1 fully saturated rings. The van der Waals surface area contributed by atoms with E-state index in [2.05, 4.69) is 4.98 Å². The van der Waals surface area contributed by atoms with Gasteiger partial charge < -0.3 is 10.6 Å². The molecule has 2 atom stereocenters. The number of nitrogens with two attached hydrogens (primary N) is 1. The Kier molecular flexibility index (Phi) is 8.78. The lowest BCUT2D eigenvalue weighted by atomic mass is 10.0. The molecule has 0 bridgehead atoms. The maximum atomic E-state index is 12.2. The molecular weight excluding hydrogens is 297 g/mol. The highest BCUT2D eigenvalue weighted by molar-refractivity contribution is 5.85. The number of nitrogens with zero attached hydrogens (tertiary/aromatic N) is 2. The number of hydrogen-bond acceptors (Lipinski definition) is 3. The Morgan fingerprint density at radius 3 is 2.55 bits per heavy atom. The van der Waals surface area contributed by atoms with Gasteiger partial charge in [0.1, 0.15) is 0 Å². The van der Waals surface area contributed by atoms with Crippen LogP contribution < -0.4 is 5.73 Å². The Morgan fingerprint density at radius 1 is 1.35 bits per heavy atom. The van der Waals surface area contributed by atoms with E-state index in [0.717, 1.165) is 32.2 Å². The summed E-state index contributed by atoms with van der Waals surface area (Å²) >= 11 is 0. The van der Waals surface area contributed by atoms with Crippen molar-refractivity contribution in [3.05, 3.63) is 30.1 Å².